The fraction of sp³-hybridized carbons (Fsp3) is 0.857. The Morgan fingerprint density at radius 1 is 0.581 bits per heavy atom. The first-order valence-electron chi connectivity index (χ1n) is 13.3. The lowest BCUT2D eigenvalue weighted by molar-refractivity contribution is 0.188. The predicted octanol–water partition coefficient (Wildman–Crippen LogP) is 8.69. The molecule has 0 saturated heterocycles. The molecule has 0 amide bonds. The van der Waals surface area contributed by atoms with Crippen molar-refractivity contribution < 1.29 is 8.85 Å². The van der Waals surface area contributed by atoms with E-state index in [0.29, 0.717) is 0 Å². The summed E-state index contributed by atoms with van der Waals surface area (Å²) in [6.07, 6.45) is 17.3. The summed E-state index contributed by atoms with van der Waals surface area (Å²) in [6.45, 7) is 19.1. The largest absolute Gasteiger partial charge is 0.398 e. The summed E-state index contributed by atoms with van der Waals surface area (Å²) in [4.78, 5) is 0. The highest BCUT2D eigenvalue weighted by Gasteiger charge is 2.63. The van der Waals surface area contributed by atoms with Crippen LogP contribution in [-0.4, -0.2) is 22.8 Å². The molecule has 0 aromatic carbocycles. The molecule has 0 saturated carbocycles. The maximum atomic E-state index is 6.72. The summed E-state index contributed by atoms with van der Waals surface area (Å²) in [5.74, 6) is 0. The molecule has 0 spiro atoms. The topological polar surface area (TPSA) is 18.5 Å². The van der Waals surface area contributed by atoms with Crippen LogP contribution in [0.15, 0.2) is 22.5 Å². The third kappa shape index (κ3) is 3.95. The zero-order valence-electron chi connectivity index (χ0n) is 22.5. The summed E-state index contributed by atoms with van der Waals surface area (Å²) < 4.78 is 13.4. The molecule has 0 aromatic heterocycles. The van der Waals surface area contributed by atoms with Crippen molar-refractivity contribution in [3.05, 3.63) is 22.5 Å². The van der Waals surface area contributed by atoms with Crippen molar-refractivity contribution in [2.75, 3.05) is 14.2 Å². The van der Waals surface area contributed by atoms with E-state index >= 15 is 0 Å². The summed E-state index contributed by atoms with van der Waals surface area (Å²) in [6, 6.07) is 0. The molecule has 0 unspecified atom stereocenters. The predicted molar refractivity (Wildman–Crippen MR) is 137 cm³/mol. The van der Waals surface area contributed by atoms with Gasteiger partial charge in [0.2, 0.25) is 0 Å². The van der Waals surface area contributed by atoms with Gasteiger partial charge >= 0.3 is 8.56 Å². The summed E-state index contributed by atoms with van der Waals surface area (Å²) in [7, 11) is 1.14. The van der Waals surface area contributed by atoms with E-state index in [1.54, 1.807) is 10.4 Å². The third-order valence-corrected chi connectivity index (χ3v) is 14.1. The van der Waals surface area contributed by atoms with Crippen molar-refractivity contribution in [2.24, 2.45) is 21.7 Å². The Labute approximate surface area is 195 Å². The Morgan fingerprint density at radius 3 is 1.06 bits per heavy atom. The average molecular weight is 449 g/mol. The van der Waals surface area contributed by atoms with Crippen LogP contribution in [0.2, 0.25) is 0 Å². The van der Waals surface area contributed by atoms with Crippen LogP contribution in [-0.2, 0) is 8.85 Å². The number of hydrogen-bond donors (Lipinski definition) is 0. The van der Waals surface area contributed by atoms with Crippen LogP contribution >= 0.6 is 0 Å². The zero-order chi connectivity index (χ0) is 23.6. The van der Waals surface area contributed by atoms with Gasteiger partial charge in [0, 0.05) is 14.2 Å². The van der Waals surface area contributed by atoms with E-state index in [4.69, 9.17) is 8.85 Å². The SMILES string of the molecule is CCC1(CC)C=C([Si](OC)(OC)C2=CC(CC)(CC)CC2(CC)CC)C(CC)(CC)C1. The summed E-state index contributed by atoms with van der Waals surface area (Å²) in [5.41, 5.74) is 0.955. The van der Waals surface area contributed by atoms with Crippen molar-refractivity contribution >= 4 is 8.56 Å². The van der Waals surface area contributed by atoms with Crippen molar-refractivity contribution in [3.63, 3.8) is 0 Å². The van der Waals surface area contributed by atoms with Gasteiger partial charge in [0.1, 0.15) is 0 Å². The summed E-state index contributed by atoms with van der Waals surface area (Å²) >= 11 is 0. The van der Waals surface area contributed by atoms with E-state index in [1.807, 2.05) is 14.2 Å². The first-order valence-corrected chi connectivity index (χ1v) is 15.1. The average Bonchev–Trinajstić information content (AvgIpc) is 3.36. The molecule has 2 nitrogen and oxygen atoms in total. The quantitative estimate of drug-likeness (QED) is 0.278. The Hall–Kier alpha value is -0.383. The molecule has 0 N–H and O–H groups in total. The maximum Gasteiger partial charge on any atom is 0.398 e. The molecule has 2 aliphatic carbocycles. The van der Waals surface area contributed by atoms with E-state index in [1.165, 1.54) is 64.2 Å². The zero-order valence-corrected chi connectivity index (χ0v) is 23.5. The van der Waals surface area contributed by atoms with Crippen molar-refractivity contribution in [3.8, 4) is 0 Å². The van der Waals surface area contributed by atoms with Crippen LogP contribution in [0.1, 0.15) is 120 Å². The normalized spacial score (nSPS) is 23.7. The molecule has 0 radical (unpaired) electrons. The van der Waals surface area contributed by atoms with Gasteiger partial charge in [-0.3, -0.25) is 0 Å². The van der Waals surface area contributed by atoms with Gasteiger partial charge in [0.15, 0.2) is 0 Å². The molecule has 31 heavy (non-hydrogen) atoms. The maximum absolute atomic E-state index is 6.72. The Morgan fingerprint density at radius 2 is 0.871 bits per heavy atom. The summed E-state index contributed by atoms with van der Waals surface area (Å²) in [5, 5.41) is 3.11. The highest BCUT2D eigenvalue weighted by atomic mass is 28.4. The van der Waals surface area contributed by atoms with E-state index < -0.39 is 8.56 Å². The minimum atomic E-state index is -2.75. The Balaban J connectivity index is 2.87. The second-order valence-electron chi connectivity index (χ2n) is 10.6. The first-order chi connectivity index (χ1) is 14.7. The lowest BCUT2D eigenvalue weighted by Crippen LogP contribution is -2.53. The molecule has 0 aliphatic heterocycles. The molecular formula is C28H52O2Si. The fourth-order valence-corrected chi connectivity index (χ4v) is 11.9. The van der Waals surface area contributed by atoms with Gasteiger partial charge < -0.3 is 8.85 Å². The number of hydrogen-bond acceptors (Lipinski definition) is 2. The van der Waals surface area contributed by atoms with Crippen LogP contribution in [0.25, 0.3) is 0 Å². The van der Waals surface area contributed by atoms with E-state index in [9.17, 15) is 0 Å². The minimum absolute atomic E-state index is 0.196. The molecule has 0 bridgehead atoms. The molecule has 2 rings (SSSR count). The van der Waals surface area contributed by atoms with Crippen LogP contribution < -0.4 is 0 Å². The highest BCUT2D eigenvalue weighted by Crippen LogP contribution is 2.64. The monoisotopic (exact) mass is 448 g/mol. The molecule has 0 fully saturated rings. The molecule has 180 valence electrons. The van der Waals surface area contributed by atoms with E-state index in [-0.39, 0.29) is 21.7 Å². The lowest BCUT2D eigenvalue weighted by Gasteiger charge is -2.45. The van der Waals surface area contributed by atoms with Crippen LogP contribution in [0.3, 0.4) is 0 Å². The molecule has 3 heteroatoms. The lowest BCUT2D eigenvalue weighted by atomic mass is 9.72. The van der Waals surface area contributed by atoms with Crippen LogP contribution in [0.5, 0.6) is 0 Å². The Kier molecular flexibility index (Phi) is 8.54. The standard InChI is InChI=1S/C28H52O2Si/c1-11-25(12-2)19-23(27(15-5,16-6)21-25)31(29-9,30-10)24-20-26(13-3,14-4)22-28(24,17-7)18-8/h19-20H,11-18,21-22H2,1-10H3. The smallest absolute Gasteiger partial charge is 0.391 e. The fourth-order valence-electron chi connectivity index (χ4n) is 7.29. The second-order valence-corrected chi connectivity index (χ2v) is 13.7. The Bertz CT molecular complexity index is 600. The van der Waals surface area contributed by atoms with Gasteiger partial charge in [-0.15, -0.1) is 0 Å². The molecule has 0 atom stereocenters. The van der Waals surface area contributed by atoms with Crippen molar-refractivity contribution in [2.45, 2.75) is 120 Å². The van der Waals surface area contributed by atoms with Crippen LogP contribution in [0, 0.1) is 21.7 Å². The van der Waals surface area contributed by atoms with Crippen LogP contribution in [0.4, 0.5) is 0 Å². The minimum Gasteiger partial charge on any atom is -0.391 e. The number of allylic oxidation sites excluding steroid dienone is 4. The molecule has 0 heterocycles. The molecule has 0 aromatic rings. The van der Waals surface area contributed by atoms with Crippen molar-refractivity contribution in [1.82, 2.24) is 0 Å². The number of rotatable bonds is 12. The van der Waals surface area contributed by atoms with E-state index in [0.717, 1.165) is 0 Å². The third-order valence-electron chi connectivity index (χ3n) is 10.2. The van der Waals surface area contributed by atoms with Crippen molar-refractivity contribution in [1.29, 1.82) is 0 Å². The van der Waals surface area contributed by atoms with Gasteiger partial charge in [-0.05, 0) is 96.3 Å². The van der Waals surface area contributed by atoms with Gasteiger partial charge in [-0.25, -0.2) is 0 Å². The van der Waals surface area contributed by atoms with Gasteiger partial charge in [-0.2, -0.15) is 0 Å². The van der Waals surface area contributed by atoms with Gasteiger partial charge in [0.05, 0.1) is 0 Å². The van der Waals surface area contributed by atoms with Gasteiger partial charge in [0.25, 0.3) is 0 Å². The van der Waals surface area contributed by atoms with E-state index in [2.05, 4.69) is 67.5 Å². The second kappa shape index (κ2) is 9.85. The van der Waals surface area contributed by atoms with Gasteiger partial charge in [-0.1, -0.05) is 67.5 Å². The molecule has 2 aliphatic rings. The highest BCUT2D eigenvalue weighted by molar-refractivity contribution is 6.82. The first kappa shape index (κ1) is 26.9. The molecular weight excluding hydrogens is 396 g/mol.